The molecule has 4 heteroatoms. The van der Waals surface area contributed by atoms with Crippen LogP contribution in [0.4, 0.5) is 17.1 Å². The Labute approximate surface area is 328 Å². The second kappa shape index (κ2) is 13.3. The van der Waals surface area contributed by atoms with Crippen molar-refractivity contribution in [3.8, 4) is 37.7 Å². The third-order valence-corrected chi connectivity index (χ3v) is 12.0. The van der Waals surface area contributed by atoms with Crippen LogP contribution in [0.2, 0.25) is 0 Å². The average Bonchev–Trinajstić information content (AvgIpc) is 4.00. The summed E-state index contributed by atoms with van der Waals surface area (Å²) in [5.74, 6) is 0. The standard InChI is InChI=1S/C52H34N2OS/c1-2-11-36(12-3-1)50-33-34-51(56-50)37-23-27-39(28-24-37)53(38-25-21-35(22-26-38)42-16-10-17-46-45-15-6-9-20-49(45)55-52(42)46)40-29-31-41(32-30-40)54-47-18-7-4-13-43(47)44-14-5-8-19-48(44)54/h1-34H. The fourth-order valence-electron chi connectivity index (χ4n) is 8.19. The molecule has 0 unspecified atom stereocenters. The van der Waals surface area contributed by atoms with E-state index < -0.39 is 0 Å². The number of thiophene rings is 1. The van der Waals surface area contributed by atoms with Gasteiger partial charge in [-0.15, -0.1) is 11.3 Å². The van der Waals surface area contributed by atoms with E-state index in [0.29, 0.717) is 0 Å². The van der Waals surface area contributed by atoms with Gasteiger partial charge in [0.1, 0.15) is 11.2 Å². The molecule has 264 valence electrons. The molecular weight excluding hydrogens is 701 g/mol. The quantitative estimate of drug-likeness (QED) is 0.163. The van der Waals surface area contributed by atoms with Crippen molar-refractivity contribution >= 4 is 72.1 Å². The third kappa shape index (κ3) is 5.42. The van der Waals surface area contributed by atoms with E-state index >= 15 is 0 Å². The summed E-state index contributed by atoms with van der Waals surface area (Å²) in [5, 5.41) is 4.79. The van der Waals surface area contributed by atoms with Crippen LogP contribution in [-0.4, -0.2) is 4.57 Å². The second-order valence-corrected chi connectivity index (χ2v) is 15.2. The van der Waals surface area contributed by atoms with E-state index in [1.165, 1.54) is 42.7 Å². The molecule has 0 saturated carbocycles. The molecular formula is C52H34N2OS. The first-order valence-corrected chi connectivity index (χ1v) is 19.7. The van der Waals surface area contributed by atoms with Crippen LogP contribution in [-0.2, 0) is 0 Å². The normalized spacial score (nSPS) is 11.6. The van der Waals surface area contributed by atoms with Crippen molar-refractivity contribution < 1.29 is 4.42 Å². The van der Waals surface area contributed by atoms with Crippen molar-refractivity contribution in [1.82, 2.24) is 4.57 Å². The summed E-state index contributed by atoms with van der Waals surface area (Å²) < 4.78 is 8.78. The van der Waals surface area contributed by atoms with Crippen molar-refractivity contribution in [3.05, 3.63) is 206 Å². The van der Waals surface area contributed by atoms with Gasteiger partial charge in [-0.2, -0.15) is 0 Å². The van der Waals surface area contributed by atoms with Gasteiger partial charge in [0, 0.05) is 59.6 Å². The van der Waals surface area contributed by atoms with Gasteiger partial charge < -0.3 is 13.9 Å². The van der Waals surface area contributed by atoms with E-state index in [2.05, 4.69) is 204 Å². The summed E-state index contributed by atoms with van der Waals surface area (Å²) in [5.41, 5.74) is 13.2. The van der Waals surface area contributed by atoms with Crippen molar-refractivity contribution in [2.45, 2.75) is 0 Å². The van der Waals surface area contributed by atoms with Gasteiger partial charge >= 0.3 is 0 Å². The molecule has 3 heterocycles. The Kier molecular flexibility index (Phi) is 7.68. The average molecular weight is 735 g/mol. The van der Waals surface area contributed by atoms with Gasteiger partial charge in [0.2, 0.25) is 0 Å². The minimum Gasteiger partial charge on any atom is -0.455 e. The van der Waals surface area contributed by atoms with Crippen molar-refractivity contribution in [3.63, 3.8) is 0 Å². The Morgan fingerprint density at radius 1 is 0.375 bits per heavy atom. The molecule has 0 aliphatic carbocycles. The molecule has 0 amide bonds. The molecule has 0 aliphatic heterocycles. The van der Waals surface area contributed by atoms with Crippen LogP contribution in [0.15, 0.2) is 211 Å². The van der Waals surface area contributed by atoms with Crippen molar-refractivity contribution in [2.24, 2.45) is 0 Å². The zero-order chi connectivity index (χ0) is 37.0. The number of furan rings is 1. The van der Waals surface area contributed by atoms with Crippen LogP contribution < -0.4 is 4.90 Å². The van der Waals surface area contributed by atoms with Crippen molar-refractivity contribution in [1.29, 1.82) is 0 Å². The largest absolute Gasteiger partial charge is 0.455 e. The van der Waals surface area contributed by atoms with Crippen LogP contribution >= 0.6 is 11.3 Å². The molecule has 0 atom stereocenters. The van der Waals surface area contributed by atoms with E-state index in [1.807, 2.05) is 23.5 Å². The van der Waals surface area contributed by atoms with Gasteiger partial charge in [0.05, 0.1) is 11.0 Å². The lowest BCUT2D eigenvalue weighted by atomic mass is 10.0. The Bertz CT molecular complexity index is 3120. The highest BCUT2D eigenvalue weighted by molar-refractivity contribution is 7.18. The zero-order valence-corrected chi connectivity index (χ0v) is 31.2. The molecule has 3 aromatic heterocycles. The van der Waals surface area contributed by atoms with Gasteiger partial charge in [0.15, 0.2) is 0 Å². The van der Waals surface area contributed by atoms with Crippen LogP contribution in [0.1, 0.15) is 0 Å². The lowest BCUT2D eigenvalue weighted by Gasteiger charge is -2.26. The summed E-state index contributed by atoms with van der Waals surface area (Å²) >= 11 is 1.83. The first-order chi connectivity index (χ1) is 27.8. The monoisotopic (exact) mass is 734 g/mol. The Hall–Kier alpha value is -7.14. The fraction of sp³-hybridized carbons (Fsp3) is 0. The van der Waals surface area contributed by atoms with Gasteiger partial charge in [0.25, 0.3) is 0 Å². The second-order valence-electron chi connectivity index (χ2n) is 14.1. The highest BCUT2D eigenvalue weighted by atomic mass is 32.1. The fourth-order valence-corrected chi connectivity index (χ4v) is 9.21. The number of hydrogen-bond donors (Lipinski definition) is 0. The van der Waals surface area contributed by atoms with Crippen LogP contribution in [0.3, 0.4) is 0 Å². The smallest absolute Gasteiger partial charge is 0.143 e. The molecule has 11 rings (SSSR count). The molecule has 0 fully saturated rings. The summed E-state index contributed by atoms with van der Waals surface area (Å²) in [6.07, 6.45) is 0. The molecule has 0 N–H and O–H groups in total. The molecule has 8 aromatic carbocycles. The Morgan fingerprint density at radius 2 is 0.875 bits per heavy atom. The minimum atomic E-state index is 0.907. The molecule has 56 heavy (non-hydrogen) atoms. The Morgan fingerprint density at radius 3 is 1.52 bits per heavy atom. The SMILES string of the molecule is c1ccc(-c2ccc(-c3ccc(N(c4ccc(-c5cccc6c5oc5ccccc56)cc4)c4ccc(-n5c6ccccc6c6ccccc65)cc4)cc3)s2)cc1. The van der Waals surface area contributed by atoms with Crippen LogP contribution in [0.5, 0.6) is 0 Å². The number of anilines is 3. The van der Waals surface area contributed by atoms with Gasteiger partial charge in [-0.05, 0) is 95.6 Å². The first kappa shape index (κ1) is 32.3. The first-order valence-electron chi connectivity index (χ1n) is 18.9. The maximum absolute atomic E-state index is 6.41. The molecule has 11 aromatic rings. The number of para-hydroxylation sites is 4. The molecule has 0 radical (unpaired) electrons. The number of nitrogens with zero attached hydrogens (tertiary/aromatic N) is 2. The number of rotatable bonds is 7. The molecule has 0 saturated heterocycles. The lowest BCUT2D eigenvalue weighted by Crippen LogP contribution is -2.10. The van der Waals surface area contributed by atoms with E-state index in [0.717, 1.165) is 55.8 Å². The van der Waals surface area contributed by atoms with Crippen molar-refractivity contribution in [2.75, 3.05) is 4.90 Å². The summed E-state index contributed by atoms with van der Waals surface area (Å²) in [6, 6.07) is 73.8. The molecule has 0 bridgehead atoms. The topological polar surface area (TPSA) is 21.3 Å². The maximum atomic E-state index is 6.41. The minimum absolute atomic E-state index is 0.907. The molecule has 3 nitrogen and oxygen atoms in total. The van der Waals surface area contributed by atoms with Gasteiger partial charge in [-0.3, -0.25) is 0 Å². The van der Waals surface area contributed by atoms with E-state index in [1.54, 1.807) is 0 Å². The predicted molar refractivity (Wildman–Crippen MR) is 237 cm³/mol. The zero-order valence-electron chi connectivity index (χ0n) is 30.3. The maximum Gasteiger partial charge on any atom is 0.143 e. The highest BCUT2D eigenvalue weighted by Crippen LogP contribution is 2.41. The van der Waals surface area contributed by atoms with E-state index in [4.69, 9.17) is 4.42 Å². The number of hydrogen-bond acceptors (Lipinski definition) is 3. The van der Waals surface area contributed by atoms with Crippen LogP contribution in [0.25, 0.3) is 81.4 Å². The van der Waals surface area contributed by atoms with E-state index in [-0.39, 0.29) is 0 Å². The molecule has 0 spiro atoms. The number of benzene rings is 8. The summed E-state index contributed by atoms with van der Waals surface area (Å²) in [6.45, 7) is 0. The van der Waals surface area contributed by atoms with Gasteiger partial charge in [-0.1, -0.05) is 127 Å². The highest BCUT2D eigenvalue weighted by Gasteiger charge is 2.17. The van der Waals surface area contributed by atoms with Gasteiger partial charge in [-0.25, -0.2) is 0 Å². The summed E-state index contributed by atoms with van der Waals surface area (Å²) in [4.78, 5) is 4.86. The predicted octanol–water partition coefficient (Wildman–Crippen LogP) is 15.2. The summed E-state index contributed by atoms with van der Waals surface area (Å²) in [7, 11) is 0. The van der Waals surface area contributed by atoms with E-state index in [9.17, 15) is 0 Å². The number of aromatic nitrogens is 1. The third-order valence-electron chi connectivity index (χ3n) is 10.9. The molecule has 0 aliphatic rings. The lowest BCUT2D eigenvalue weighted by molar-refractivity contribution is 0.670. The van der Waals surface area contributed by atoms with Crippen LogP contribution in [0, 0.1) is 0 Å². The Balaban J connectivity index is 0.994. The number of fused-ring (bicyclic) bond motifs is 6.